The molecule has 0 spiro atoms. The number of carbonyl (C=O) groups excluding carboxylic acids is 1. The molecule has 1 aliphatic heterocycles. The minimum atomic E-state index is -0.149. The van der Waals surface area contributed by atoms with Crippen LogP contribution in [0.15, 0.2) is 60.8 Å². The Bertz CT molecular complexity index is 1320. The third kappa shape index (κ3) is 4.71. The van der Waals surface area contributed by atoms with Crippen LogP contribution < -0.4 is 5.32 Å². The number of amides is 1. The molecule has 0 radical (unpaired) electrons. The number of pyridine rings is 1. The molecule has 4 aromatic rings. The maximum Gasteiger partial charge on any atom is 0.256 e. The Balaban J connectivity index is 1.45. The first-order chi connectivity index (χ1) is 16.6. The van der Waals surface area contributed by atoms with Crippen molar-refractivity contribution in [2.75, 3.05) is 31.6 Å². The van der Waals surface area contributed by atoms with E-state index >= 15 is 0 Å². The average Bonchev–Trinajstić information content (AvgIpc) is 3.25. The second-order valence-corrected chi connectivity index (χ2v) is 8.60. The van der Waals surface area contributed by atoms with Crippen molar-refractivity contribution in [2.45, 2.75) is 26.9 Å². The van der Waals surface area contributed by atoms with Crippen LogP contribution in [0.4, 0.5) is 5.69 Å². The van der Waals surface area contributed by atoms with Gasteiger partial charge in [-0.1, -0.05) is 30.3 Å². The number of aromatic nitrogens is 3. The lowest BCUT2D eigenvalue weighted by Gasteiger charge is -2.26. The molecule has 2 aromatic carbocycles. The van der Waals surface area contributed by atoms with E-state index in [4.69, 9.17) is 9.72 Å². The highest BCUT2D eigenvalue weighted by molar-refractivity contribution is 6.13. The van der Waals surface area contributed by atoms with E-state index in [9.17, 15) is 4.79 Å². The van der Waals surface area contributed by atoms with Gasteiger partial charge in [0, 0.05) is 49.0 Å². The molecule has 0 saturated carbocycles. The summed E-state index contributed by atoms with van der Waals surface area (Å²) in [7, 11) is 0. The van der Waals surface area contributed by atoms with Gasteiger partial charge in [-0.15, -0.1) is 0 Å². The summed E-state index contributed by atoms with van der Waals surface area (Å²) in [5.74, 6) is -0.149. The number of nitrogens with zero attached hydrogens (tertiary/aromatic N) is 4. The second-order valence-electron chi connectivity index (χ2n) is 8.60. The van der Waals surface area contributed by atoms with E-state index in [0.29, 0.717) is 5.56 Å². The van der Waals surface area contributed by atoms with Crippen LogP contribution >= 0.6 is 0 Å². The number of nitrogens with one attached hydrogen (secondary N) is 1. The lowest BCUT2D eigenvalue weighted by molar-refractivity contribution is 0.0342. The van der Waals surface area contributed by atoms with Crippen LogP contribution in [-0.2, 0) is 17.8 Å². The molecule has 7 heteroatoms. The number of hydrogen-bond donors (Lipinski definition) is 1. The Morgan fingerprint density at radius 3 is 2.71 bits per heavy atom. The first kappa shape index (κ1) is 22.3. The fourth-order valence-electron chi connectivity index (χ4n) is 4.40. The number of morpholine rings is 1. The van der Waals surface area contributed by atoms with Crippen molar-refractivity contribution in [3.8, 4) is 11.3 Å². The zero-order chi connectivity index (χ0) is 23.5. The highest BCUT2D eigenvalue weighted by Crippen LogP contribution is 2.27. The van der Waals surface area contributed by atoms with Crippen LogP contribution in [0.25, 0.3) is 22.2 Å². The molecule has 174 valence electrons. The lowest BCUT2D eigenvalue weighted by atomic mass is 10.0. The van der Waals surface area contributed by atoms with Crippen molar-refractivity contribution in [1.29, 1.82) is 0 Å². The Labute approximate surface area is 199 Å². The van der Waals surface area contributed by atoms with Crippen LogP contribution in [0, 0.1) is 6.92 Å². The number of benzene rings is 2. The van der Waals surface area contributed by atoms with E-state index in [-0.39, 0.29) is 5.91 Å². The van der Waals surface area contributed by atoms with Crippen molar-refractivity contribution in [2.24, 2.45) is 0 Å². The van der Waals surface area contributed by atoms with Crippen LogP contribution in [0.5, 0.6) is 0 Å². The Hall–Kier alpha value is -3.55. The van der Waals surface area contributed by atoms with E-state index in [0.717, 1.165) is 72.9 Å². The Morgan fingerprint density at radius 1 is 1.09 bits per heavy atom. The van der Waals surface area contributed by atoms with Gasteiger partial charge >= 0.3 is 0 Å². The smallest absolute Gasteiger partial charge is 0.256 e. The molecule has 0 unspecified atom stereocenters. The van der Waals surface area contributed by atoms with Gasteiger partial charge in [0.2, 0.25) is 0 Å². The Kier molecular flexibility index (Phi) is 6.38. The number of para-hydroxylation sites is 1. The van der Waals surface area contributed by atoms with Gasteiger partial charge in [0.25, 0.3) is 5.91 Å². The molecule has 34 heavy (non-hydrogen) atoms. The standard InChI is InChI=1S/C27H29N5O2/c1-3-32-18-24(19(2)30-32)26-16-23(22-9-4-5-10-25(22)29-26)27(33)28-21-8-6-7-20(15-21)17-31-11-13-34-14-12-31/h4-10,15-16,18H,3,11-14,17H2,1-2H3,(H,28,33). The maximum absolute atomic E-state index is 13.5. The summed E-state index contributed by atoms with van der Waals surface area (Å²) >= 11 is 0. The van der Waals surface area contributed by atoms with E-state index in [1.54, 1.807) is 0 Å². The summed E-state index contributed by atoms with van der Waals surface area (Å²) in [6.07, 6.45) is 1.99. The summed E-state index contributed by atoms with van der Waals surface area (Å²) in [5, 5.41) is 8.48. The highest BCUT2D eigenvalue weighted by Gasteiger charge is 2.17. The van der Waals surface area contributed by atoms with E-state index < -0.39 is 0 Å². The summed E-state index contributed by atoms with van der Waals surface area (Å²) in [5.41, 5.74) is 5.93. The Morgan fingerprint density at radius 2 is 1.91 bits per heavy atom. The molecule has 1 aliphatic rings. The van der Waals surface area contributed by atoms with E-state index in [1.165, 1.54) is 5.56 Å². The van der Waals surface area contributed by atoms with Gasteiger partial charge in [-0.3, -0.25) is 14.4 Å². The van der Waals surface area contributed by atoms with Crippen molar-refractivity contribution in [1.82, 2.24) is 19.7 Å². The monoisotopic (exact) mass is 455 g/mol. The molecular weight excluding hydrogens is 426 g/mol. The van der Waals surface area contributed by atoms with Gasteiger partial charge in [-0.2, -0.15) is 5.10 Å². The first-order valence-corrected chi connectivity index (χ1v) is 11.8. The number of rotatable bonds is 6. The quantitative estimate of drug-likeness (QED) is 0.463. The maximum atomic E-state index is 13.5. The van der Waals surface area contributed by atoms with Crippen LogP contribution in [-0.4, -0.2) is 51.9 Å². The minimum absolute atomic E-state index is 0.149. The van der Waals surface area contributed by atoms with Crippen molar-refractivity contribution >= 4 is 22.5 Å². The van der Waals surface area contributed by atoms with E-state index in [1.807, 2.05) is 66.3 Å². The van der Waals surface area contributed by atoms with Crippen molar-refractivity contribution in [3.05, 3.63) is 77.6 Å². The number of ether oxygens (including phenoxy) is 1. The van der Waals surface area contributed by atoms with Gasteiger partial charge in [-0.05, 0) is 43.7 Å². The molecule has 3 heterocycles. The zero-order valence-electron chi connectivity index (χ0n) is 19.6. The van der Waals surface area contributed by atoms with Gasteiger partial charge in [0.1, 0.15) is 0 Å². The van der Waals surface area contributed by atoms with Gasteiger partial charge in [-0.25, -0.2) is 4.98 Å². The second kappa shape index (κ2) is 9.75. The van der Waals surface area contributed by atoms with Gasteiger partial charge in [0.05, 0.1) is 35.7 Å². The zero-order valence-corrected chi connectivity index (χ0v) is 19.6. The lowest BCUT2D eigenvalue weighted by Crippen LogP contribution is -2.35. The molecule has 1 N–H and O–H groups in total. The molecule has 1 amide bonds. The van der Waals surface area contributed by atoms with Crippen molar-refractivity contribution in [3.63, 3.8) is 0 Å². The molecule has 1 fully saturated rings. The largest absolute Gasteiger partial charge is 0.379 e. The van der Waals surface area contributed by atoms with Gasteiger partial charge in [0.15, 0.2) is 0 Å². The topological polar surface area (TPSA) is 72.3 Å². The van der Waals surface area contributed by atoms with Crippen LogP contribution in [0.1, 0.15) is 28.5 Å². The SMILES string of the molecule is CCn1cc(-c2cc(C(=O)Nc3cccc(CN4CCOCC4)c3)c3ccccc3n2)c(C)n1. The predicted octanol–water partition coefficient (Wildman–Crippen LogP) is 4.51. The molecular formula is C27H29N5O2. The summed E-state index contributed by atoms with van der Waals surface area (Å²) in [4.78, 5) is 20.7. The molecule has 2 aromatic heterocycles. The molecule has 1 saturated heterocycles. The predicted molar refractivity (Wildman–Crippen MR) is 134 cm³/mol. The molecule has 7 nitrogen and oxygen atoms in total. The molecule has 0 atom stereocenters. The number of fused-ring (bicyclic) bond motifs is 1. The third-order valence-electron chi connectivity index (χ3n) is 6.20. The van der Waals surface area contributed by atoms with Crippen LogP contribution in [0.2, 0.25) is 0 Å². The normalized spacial score (nSPS) is 14.4. The summed E-state index contributed by atoms with van der Waals surface area (Å²) in [6, 6.07) is 17.7. The van der Waals surface area contributed by atoms with Crippen molar-refractivity contribution < 1.29 is 9.53 Å². The van der Waals surface area contributed by atoms with Crippen LogP contribution in [0.3, 0.4) is 0 Å². The average molecular weight is 456 g/mol. The fraction of sp³-hybridized carbons (Fsp3) is 0.296. The summed E-state index contributed by atoms with van der Waals surface area (Å²) in [6.45, 7) is 9.04. The highest BCUT2D eigenvalue weighted by atomic mass is 16.5. The van der Waals surface area contributed by atoms with Gasteiger partial charge < -0.3 is 10.1 Å². The minimum Gasteiger partial charge on any atom is -0.379 e. The fourth-order valence-corrected chi connectivity index (χ4v) is 4.40. The summed E-state index contributed by atoms with van der Waals surface area (Å²) < 4.78 is 7.34. The number of aryl methyl sites for hydroxylation is 2. The van der Waals surface area contributed by atoms with E-state index in [2.05, 4.69) is 28.3 Å². The number of hydrogen-bond acceptors (Lipinski definition) is 5. The molecule has 0 aliphatic carbocycles. The molecule has 5 rings (SSSR count). The number of carbonyl (C=O) groups is 1. The first-order valence-electron chi connectivity index (χ1n) is 11.8. The number of anilines is 1. The molecule has 0 bridgehead atoms. The third-order valence-corrected chi connectivity index (χ3v) is 6.20.